The summed E-state index contributed by atoms with van der Waals surface area (Å²) in [6.45, 7) is 2.26. The zero-order chi connectivity index (χ0) is 20.7. The Balaban J connectivity index is 1.35. The smallest absolute Gasteiger partial charge is 0.314 e. The van der Waals surface area contributed by atoms with Crippen LogP contribution < -0.4 is 9.47 Å². The molecule has 0 spiro atoms. The zero-order valence-corrected chi connectivity index (χ0v) is 18.2. The fraction of sp³-hybridized carbons (Fsp3) is 0.692. The van der Waals surface area contributed by atoms with Crippen LogP contribution in [-0.4, -0.2) is 11.9 Å². The highest BCUT2D eigenvalue weighted by atomic mass is 16.5. The van der Waals surface area contributed by atoms with Crippen LogP contribution in [0.25, 0.3) is 0 Å². The van der Waals surface area contributed by atoms with Gasteiger partial charge in [-0.2, -0.15) is 0 Å². The van der Waals surface area contributed by atoms with E-state index in [0.717, 1.165) is 93.3 Å². The Hall–Kier alpha value is -1.84. The summed E-state index contributed by atoms with van der Waals surface area (Å²) in [5, 5.41) is 0. The highest BCUT2D eigenvalue weighted by Crippen LogP contribution is 2.58. The van der Waals surface area contributed by atoms with E-state index < -0.39 is 0 Å². The average molecular weight is 411 g/mol. The maximum Gasteiger partial charge on any atom is 0.314 e. The van der Waals surface area contributed by atoms with Crippen LogP contribution in [0.1, 0.15) is 107 Å². The summed E-state index contributed by atoms with van der Waals surface area (Å²) in [5.74, 6) is 2.96. The molecule has 30 heavy (non-hydrogen) atoms. The van der Waals surface area contributed by atoms with E-state index in [4.69, 9.17) is 9.47 Å². The van der Waals surface area contributed by atoms with Gasteiger partial charge in [0.1, 0.15) is 11.5 Å². The lowest BCUT2D eigenvalue weighted by molar-refractivity contribution is -0.141. The average Bonchev–Trinajstić information content (AvgIpc) is 3.39. The van der Waals surface area contributed by atoms with Crippen molar-refractivity contribution in [2.75, 3.05) is 0 Å². The lowest BCUT2D eigenvalue weighted by Crippen LogP contribution is -2.26. The number of benzene rings is 1. The Morgan fingerprint density at radius 3 is 1.73 bits per heavy atom. The molecule has 3 fully saturated rings. The number of hydrogen-bond donors (Lipinski definition) is 0. The van der Waals surface area contributed by atoms with Crippen LogP contribution in [0.4, 0.5) is 0 Å². The van der Waals surface area contributed by atoms with Crippen molar-refractivity contribution in [2.45, 2.75) is 95.8 Å². The highest BCUT2D eigenvalue weighted by molar-refractivity contribution is 5.78. The third-order valence-corrected chi connectivity index (χ3v) is 8.17. The fourth-order valence-electron chi connectivity index (χ4n) is 6.34. The highest BCUT2D eigenvalue weighted by Gasteiger charge is 2.42. The first-order chi connectivity index (χ1) is 14.6. The van der Waals surface area contributed by atoms with Crippen molar-refractivity contribution >= 4 is 11.9 Å². The van der Waals surface area contributed by atoms with Gasteiger partial charge < -0.3 is 9.47 Å². The predicted molar refractivity (Wildman–Crippen MR) is 115 cm³/mol. The van der Waals surface area contributed by atoms with Gasteiger partial charge in [-0.1, -0.05) is 26.2 Å². The van der Waals surface area contributed by atoms with E-state index in [1.54, 1.807) is 0 Å². The summed E-state index contributed by atoms with van der Waals surface area (Å²) in [6.07, 6.45) is 12.8. The van der Waals surface area contributed by atoms with E-state index >= 15 is 0 Å². The number of fused-ring (bicyclic) bond motifs is 5. The molecule has 2 atom stereocenters. The Labute approximate surface area is 179 Å². The third kappa shape index (κ3) is 3.78. The molecule has 0 radical (unpaired) electrons. The minimum absolute atomic E-state index is 0.0271. The molecule has 4 aliphatic rings. The second-order valence-electron chi connectivity index (χ2n) is 10.2. The molecule has 0 amide bonds. The Morgan fingerprint density at radius 1 is 0.700 bits per heavy atom. The van der Waals surface area contributed by atoms with Crippen molar-refractivity contribution in [1.29, 1.82) is 0 Å². The van der Waals surface area contributed by atoms with E-state index in [2.05, 4.69) is 6.92 Å². The van der Waals surface area contributed by atoms with Gasteiger partial charge in [-0.05, 0) is 87.7 Å². The van der Waals surface area contributed by atoms with E-state index in [0.29, 0.717) is 17.8 Å². The SMILES string of the molecule is CC1CCC(C(=O)Oc2ccc(OC(=O)C3CCCCC3)c3c2C2CCC3C2)CC1. The molecule has 2 bridgehead atoms. The van der Waals surface area contributed by atoms with Gasteiger partial charge in [0, 0.05) is 11.1 Å². The zero-order valence-electron chi connectivity index (χ0n) is 18.2. The molecule has 0 heterocycles. The molecule has 0 saturated heterocycles. The normalized spacial score (nSPS) is 30.7. The molecule has 162 valence electrons. The van der Waals surface area contributed by atoms with E-state index in [-0.39, 0.29) is 23.8 Å². The fourth-order valence-corrected chi connectivity index (χ4v) is 6.34. The molecule has 0 aliphatic heterocycles. The van der Waals surface area contributed by atoms with Gasteiger partial charge in [-0.3, -0.25) is 9.59 Å². The first-order valence-corrected chi connectivity index (χ1v) is 12.2. The molecule has 4 nitrogen and oxygen atoms in total. The van der Waals surface area contributed by atoms with Crippen molar-refractivity contribution in [3.05, 3.63) is 23.3 Å². The molecule has 2 unspecified atom stereocenters. The third-order valence-electron chi connectivity index (χ3n) is 8.17. The van der Waals surface area contributed by atoms with Gasteiger partial charge in [0.15, 0.2) is 0 Å². The minimum atomic E-state index is -0.0705. The van der Waals surface area contributed by atoms with Gasteiger partial charge in [-0.25, -0.2) is 0 Å². The number of ether oxygens (including phenoxy) is 2. The summed E-state index contributed by atoms with van der Waals surface area (Å²) in [7, 11) is 0. The van der Waals surface area contributed by atoms with Crippen molar-refractivity contribution in [2.24, 2.45) is 17.8 Å². The first kappa shape index (κ1) is 20.1. The van der Waals surface area contributed by atoms with E-state index in [1.165, 1.54) is 6.42 Å². The maximum atomic E-state index is 12.8. The molecular weight excluding hydrogens is 376 g/mol. The van der Waals surface area contributed by atoms with Crippen molar-refractivity contribution in [1.82, 2.24) is 0 Å². The summed E-state index contributed by atoms with van der Waals surface area (Å²) >= 11 is 0. The van der Waals surface area contributed by atoms with Gasteiger partial charge >= 0.3 is 11.9 Å². The largest absolute Gasteiger partial charge is 0.426 e. The van der Waals surface area contributed by atoms with Gasteiger partial charge in [-0.15, -0.1) is 0 Å². The van der Waals surface area contributed by atoms with Gasteiger partial charge in [0.2, 0.25) is 0 Å². The number of esters is 2. The summed E-state index contributed by atoms with van der Waals surface area (Å²) in [5.41, 5.74) is 2.30. The molecule has 1 aromatic rings. The van der Waals surface area contributed by atoms with Crippen LogP contribution in [0.5, 0.6) is 11.5 Å². The topological polar surface area (TPSA) is 52.6 Å². The molecule has 1 aromatic carbocycles. The summed E-state index contributed by atoms with van der Waals surface area (Å²) < 4.78 is 11.9. The molecule has 0 aromatic heterocycles. The second kappa shape index (κ2) is 8.36. The van der Waals surface area contributed by atoms with E-state index in [1.807, 2.05) is 12.1 Å². The van der Waals surface area contributed by atoms with Crippen molar-refractivity contribution < 1.29 is 19.1 Å². The number of carbonyl (C=O) groups is 2. The Morgan fingerprint density at radius 2 is 1.20 bits per heavy atom. The monoisotopic (exact) mass is 410 g/mol. The van der Waals surface area contributed by atoms with Gasteiger partial charge in [0.25, 0.3) is 0 Å². The van der Waals surface area contributed by atoms with Crippen LogP contribution >= 0.6 is 0 Å². The van der Waals surface area contributed by atoms with Crippen molar-refractivity contribution in [3.8, 4) is 11.5 Å². The standard InChI is InChI=1S/C26H34O4/c1-16-7-9-18(10-8-16)26(28)30-22-14-13-21(23-19-11-12-20(15-19)24(22)23)29-25(27)17-5-3-2-4-6-17/h13-14,16-20H,2-12,15H2,1H3. The molecule has 0 N–H and O–H groups in total. The lowest BCUT2D eigenvalue weighted by atomic mass is 9.83. The Bertz CT molecular complexity index is 815. The predicted octanol–water partition coefficient (Wildman–Crippen LogP) is 6.27. The van der Waals surface area contributed by atoms with Crippen molar-refractivity contribution in [3.63, 3.8) is 0 Å². The summed E-state index contributed by atoms with van der Waals surface area (Å²) in [6, 6.07) is 3.76. The molecule has 4 aliphatic carbocycles. The number of rotatable bonds is 4. The quantitative estimate of drug-likeness (QED) is 0.434. The van der Waals surface area contributed by atoms with Crippen LogP contribution in [0, 0.1) is 17.8 Å². The van der Waals surface area contributed by atoms with E-state index in [9.17, 15) is 9.59 Å². The molecule has 5 rings (SSSR count). The first-order valence-electron chi connectivity index (χ1n) is 12.2. The minimum Gasteiger partial charge on any atom is -0.426 e. The molecule has 4 heteroatoms. The maximum absolute atomic E-state index is 12.8. The Kier molecular flexibility index (Phi) is 5.59. The second-order valence-corrected chi connectivity index (χ2v) is 10.2. The van der Waals surface area contributed by atoms with Crippen LogP contribution in [0.15, 0.2) is 12.1 Å². The summed E-state index contributed by atoms with van der Waals surface area (Å²) in [4.78, 5) is 25.6. The molecular formula is C26H34O4. The lowest BCUT2D eigenvalue weighted by Gasteiger charge is -2.26. The number of hydrogen-bond acceptors (Lipinski definition) is 4. The van der Waals surface area contributed by atoms with Crippen LogP contribution in [0.2, 0.25) is 0 Å². The number of carbonyl (C=O) groups excluding carboxylic acids is 2. The molecule has 3 saturated carbocycles. The van der Waals surface area contributed by atoms with Crippen LogP contribution in [0.3, 0.4) is 0 Å². The van der Waals surface area contributed by atoms with Crippen LogP contribution in [-0.2, 0) is 9.59 Å². The van der Waals surface area contributed by atoms with Gasteiger partial charge in [0.05, 0.1) is 11.8 Å².